The lowest BCUT2D eigenvalue weighted by atomic mass is 10.4. The van der Waals surface area contributed by atoms with Crippen molar-refractivity contribution in [1.29, 1.82) is 0 Å². The summed E-state index contributed by atoms with van der Waals surface area (Å²) in [6.45, 7) is -1.28. The Labute approximate surface area is 106 Å². The molecule has 1 aromatic carbocycles. The number of hydrogen-bond donors (Lipinski definition) is 1. The number of rotatable bonds is 1. The van der Waals surface area contributed by atoms with Crippen LogP contribution in [0.4, 0.5) is 4.39 Å². The number of alkyl halides is 1. The molecule has 0 aliphatic rings. The maximum absolute atomic E-state index is 10.5. The van der Waals surface area contributed by atoms with Crippen molar-refractivity contribution < 1.29 is 14.3 Å². The standard InChI is InChI=1S/C6H2Cl4.C2H3FO2/c7-3-1-2-4(8)6(10)5(3)9;3-1-2(4)5/h1-2H;1H2,(H,4,5). The average Bonchev–Trinajstić information content (AvgIpc) is 2.21. The number of carboxylic acid groups (broad SMARTS) is 1. The van der Waals surface area contributed by atoms with Gasteiger partial charge in [-0.25, -0.2) is 9.18 Å². The average molecular weight is 294 g/mol. The van der Waals surface area contributed by atoms with E-state index in [-0.39, 0.29) is 0 Å². The van der Waals surface area contributed by atoms with Crippen LogP contribution in [-0.4, -0.2) is 17.8 Å². The first-order valence-electron chi connectivity index (χ1n) is 3.47. The van der Waals surface area contributed by atoms with Crippen LogP contribution in [-0.2, 0) is 4.79 Å². The van der Waals surface area contributed by atoms with Gasteiger partial charge in [0.25, 0.3) is 0 Å². The minimum Gasteiger partial charge on any atom is -0.479 e. The van der Waals surface area contributed by atoms with Crippen molar-refractivity contribution in [2.45, 2.75) is 0 Å². The maximum atomic E-state index is 10.5. The van der Waals surface area contributed by atoms with E-state index in [1.54, 1.807) is 12.1 Å². The van der Waals surface area contributed by atoms with E-state index >= 15 is 0 Å². The van der Waals surface area contributed by atoms with Gasteiger partial charge in [-0.3, -0.25) is 0 Å². The first-order chi connectivity index (χ1) is 6.90. The molecular weight excluding hydrogens is 289 g/mol. The zero-order valence-corrected chi connectivity index (χ0v) is 10.1. The predicted octanol–water partition coefficient (Wildman–Crippen LogP) is 4.34. The fourth-order valence-corrected chi connectivity index (χ4v) is 1.24. The highest BCUT2D eigenvalue weighted by atomic mass is 35.5. The van der Waals surface area contributed by atoms with Crippen LogP contribution < -0.4 is 0 Å². The molecule has 0 radical (unpaired) electrons. The Balaban J connectivity index is 0.000000336. The largest absolute Gasteiger partial charge is 0.479 e. The maximum Gasteiger partial charge on any atom is 0.335 e. The van der Waals surface area contributed by atoms with Gasteiger partial charge < -0.3 is 5.11 Å². The van der Waals surface area contributed by atoms with Gasteiger partial charge in [0.2, 0.25) is 0 Å². The van der Waals surface area contributed by atoms with E-state index in [1.165, 1.54) is 0 Å². The zero-order valence-electron chi connectivity index (χ0n) is 7.11. The van der Waals surface area contributed by atoms with Crippen LogP contribution in [0.1, 0.15) is 0 Å². The van der Waals surface area contributed by atoms with Crippen LogP contribution in [0.15, 0.2) is 12.1 Å². The molecule has 0 heterocycles. The molecule has 0 aliphatic heterocycles. The van der Waals surface area contributed by atoms with Crippen molar-refractivity contribution in [1.82, 2.24) is 0 Å². The van der Waals surface area contributed by atoms with Crippen molar-refractivity contribution in [2.75, 3.05) is 6.67 Å². The molecule has 0 saturated heterocycles. The highest BCUT2D eigenvalue weighted by Gasteiger charge is 2.05. The molecule has 0 fully saturated rings. The monoisotopic (exact) mass is 292 g/mol. The van der Waals surface area contributed by atoms with E-state index in [1.807, 2.05) is 0 Å². The number of halogens is 5. The molecule has 0 bridgehead atoms. The van der Waals surface area contributed by atoms with E-state index < -0.39 is 12.6 Å². The molecular formula is C8H5Cl4FO2. The second kappa shape index (κ2) is 7.12. The third kappa shape index (κ3) is 5.42. The Morgan fingerprint density at radius 1 is 1.13 bits per heavy atom. The fourth-order valence-electron chi connectivity index (χ4n) is 0.502. The Bertz CT molecular complexity index is 330. The molecule has 0 aromatic heterocycles. The van der Waals surface area contributed by atoms with Crippen molar-refractivity contribution >= 4 is 52.4 Å². The van der Waals surface area contributed by atoms with Crippen LogP contribution in [0.3, 0.4) is 0 Å². The fraction of sp³-hybridized carbons (Fsp3) is 0.125. The summed E-state index contributed by atoms with van der Waals surface area (Å²) >= 11 is 22.5. The van der Waals surface area contributed by atoms with Gasteiger partial charge in [-0.1, -0.05) is 46.4 Å². The smallest absolute Gasteiger partial charge is 0.335 e. The number of carbonyl (C=O) groups is 1. The second-order valence-electron chi connectivity index (χ2n) is 2.18. The van der Waals surface area contributed by atoms with Gasteiger partial charge in [0.1, 0.15) is 0 Å². The Morgan fingerprint density at radius 2 is 1.40 bits per heavy atom. The quantitative estimate of drug-likeness (QED) is 0.618. The van der Waals surface area contributed by atoms with Gasteiger partial charge in [0, 0.05) is 0 Å². The molecule has 84 valence electrons. The minimum atomic E-state index is -1.41. The lowest BCUT2D eigenvalue weighted by Crippen LogP contribution is -1.93. The molecule has 0 aliphatic carbocycles. The van der Waals surface area contributed by atoms with E-state index in [0.29, 0.717) is 20.1 Å². The van der Waals surface area contributed by atoms with Gasteiger partial charge in [0.05, 0.1) is 20.1 Å². The molecule has 7 heteroatoms. The first kappa shape index (κ1) is 14.8. The Hall–Kier alpha value is -0.220. The van der Waals surface area contributed by atoms with Gasteiger partial charge >= 0.3 is 5.97 Å². The summed E-state index contributed by atoms with van der Waals surface area (Å²) in [6.07, 6.45) is 0. The third-order valence-electron chi connectivity index (χ3n) is 1.10. The van der Waals surface area contributed by atoms with E-state index in [2.05, 4.69) is 0 Å². The van der Waals surface area contributed by atoms with Gasteiger partial charge in [-0.2, -0.15) is 0 Å². The van der Waals surface area contributed by atoms with Crippen LogP contribution >= 0.6 is 46.4 Å². The van der Waals surface area contributed by atoms with Crippen molar-refractivity contribution in [3.8, 4) is 0 Å². The van der Waals surface area contributed by atoms with Crippen LogP contribution in [0.5, 0.6) is 0 Å². The molecule has 0 unspecified atom stereocenters. The van der Waals surface area contributed by atoms with Crippen LogP contribution in [0.2, 0.25) is 20.1 Å². The van der Waals surface area contributed by atoms with E-state index in [0.717, 1.165) is 0 Å². The topological polar surface area (TPSA) is 37.3 Å². The lowest BCUT2D eigenvalue weighted by Gasteiger charge is -1.98. The summed E-state index contributed by atoms with van der Waals surface area (Å²) in [7, 11) is 0. The number of hydrogen-bond acceptors (Lipinski definition) is 1. The van der Waals surface area contributed by atoms with Crippen LogP contribution in [0.25, 0.3) is 0 Å². The zero-order chi connectivity index (χ0) is 12.0. The van der Waals surface area contributed by atoms with E-state index in [9.17, 15) is 4.39 Å². The Kier molecular flexibility index (Phi) is 7.02. The summed E-state index contributed by atoms with van der Waals surface area (Å²) in [4.78, 5) is 8.99. The van der Waals surface area contributed by atoms with Crippen molar-refractivity contribution in [3.05, 3.63) is 32.2 Å². The van der Waals surface area contributed by atoms with E-state index in [4.69, 9.17) is 56.3 Å². The third-order valence-corrected chi connectivity index (χ3v) is 2.81. The summed E-state index contributed by atoms with van der Waals surface area (Å²) in [6, 6.07) is 3.19. The molecule has 1 rings (SSSR count). The molecule has 1 N–H and O–H groups in total. The first-order valence-corrected chi connectivity index (χ1v) is 4.98. The molecule has 15 heavy (non-hydrogen) atoms. The predicted molar refractivity (Wildman–Crippen MR) is 60.1 cm³/mol. The Morgan fingerprint density at radius 3 is 1.60 bits per heavy atom. The molecule has 0 spiro atoms. The van der Waals surface area contributed by atoms with Crippen molar-refractivity contribution in [3.63, 3.8) is 0 Å². The minimum absolute atomic E-state index is 0.302. The highest BCUT2D eigenvalue weighted by Crippen LogP contribution is 2.34. The highest BCUT2D eigenvalue weighted by molar-refractivity contribution is 6.51. The number of benzene rings is 1. The van der Waals surface area contributed by atoms with Gasteiger partial charge in [-0.05, 0) is 12.1 Å². The van der Waals surface area contributed by atoms with Gasteiger partial charge in [-0.15, -0.1) is 0 Å². The van der Waals surface area contributed by atoms with Crippen molar-refractivity contribution in [2.24, 2.45) is 0 Å². The van der Waals surface area contributed by atoms with Gasteiger partial charge in [0.15, 0.2) is 6.67 Å². The summed E-state index contributed by atoms with van der Waals surface area (Å²) in [5, 5.41) is 8.78. The molecule has 0 atom stereocenters. The number of carboxylic acids is 1. The SMILES string of the molecule is Clc1ccc(Cl)c(Cl)c1Cl.O=C(O)CF. The summed E-state index contributed by atoms with van der Waals surface area (Å²) < 4.78 is 10.5. The molecule has 1 aromatic rings. The van der Waals surface area contributed by atoms with Crippen LogP contribution in [0, 0.1) is 0 Å². The lowest BCUT2D eigenvalue weighted by molar-refractivity contribution is -0.137. The molecule has 0 saturated carbocycles. The number of aliphatic carboxylic acids is 1. The normalized spacial score (nSPS) is 9.13. The summed E-state index contributed by atoms with van der Waals surface area (Å²) in [5.41, 5.74) is 0. The molecule has 2 nitrogen and oxygen atoms in total. The molecule has 0 amide bonds. The second-order valence-corrected chi connectivity index (χ2v) is 3.75. The summed E-state index contributed by atoms with van der Waals surface area (Å²) in [5.74, 6) is -1.41.